The number of ether oxygens (including phenoxy) is 1. The standard InChI is InChI=1S/C34H50F2O5S/c1-6-8-9-10-11-12-13-14-17-42-30(40)34(41-29(39)7-2)22(3)18-24-25-20-27(35)26-19-23(37)15-16-31(26,4)33(25,36)28(38)21-32(24,34)5/h15-16,19,22,24-25,27-28,38H,6-14,17-18,20-21H2,1-5H3/t22-,24+,25+,27+,28+,31+,32+,33+,34+/m1/s1. The van der Waals surface area contributed by atoms with Crippen LogP contribution in [0.5, 0.6) is 0 Å². The molecule has 236 valence electrons. The molecule has 4 aliphatic rings. The molecule has 0 aromatic heterocycles. The highest BCUT2D eigenvalue weighted by molar-refractivity contribution is 8.13. The van der Waals surface area contributed by atoms with Crippen LogP contribution in [0.2, 0.25) is 0 Å². The second-order valence-electron chi connectivity index (χ2n) is 13.7. The number of esters is 1. The van der Waals surface area contributed by atoms with Gasteiger partial charge in [0.05, 0.1) is 6.10 Å². The van der Waals surface area contributed by atoms with E-state index >= 15 is 8.78 Å². The Hall–Kier alpha value is -1.54. The van der Waals surface area contributed by atoms with Gasteiger partial charge in [-0.1, -0.05) is 90.5 Å². The van der Waals surface area contributed by atoms with Gasteiger partial charge in [0.2, 0.25) is 5.12 Å². The van der Waals surface area contributed by atoms with Gasteiger partial charge in [0.15, 0.2) is 17.1 Å². The van der Waals surface area contributed by atoms with E-state index in [0.29, 0.717) is 12.2 Å². The lowest BCUT2D eigenvalue weighted by Gasteiger charge is -2.63. The van der Waals surface area contributed by atoms with Crippen molar-refractivity contribution in [2.75, 3.05) is 5.75 Å². The van der Waals surface area contributed by atoms with Crippen LogP contribution in [0.3, 0.4) is 0 Å². The van der Waals surface area contributed by atoms with Gasteiger partial charge in [-0.25, -0.2) is 8.78 Å². The molecule has 0 bridgehead atoms. The maximum Gasteiger partial charge on any atom is 0.306 e. The molecular formula is C34H50F2O5S. The Balaban J connectivity index is 1.60. The van der Waals surface area contributed by atoms with E-state index in [1.807, 2.05) is 13.8 Å². The normalized spacial score (nSPS) is 40.6. The van der Waals surface area contributed by atoms with Crippen LogP contribution in [0, 0.1) is 28.6 Å². The Morgan fingerprint density at radius 3 is 2.33 bits per heavy atom. The zero-order valence-electron chi connectivity index (χ0n) is 26.1. The summed E-state index contributed by atoms with van der Waals surface area (Å²) in [6.45, 7) is 9.15. The highest BCUT2D eigenvalue weighted by atomic mass is 32.2. The molecular weight excluding hydrogens is 558 g/mol. The topological polar surface area (TPSA) is 80.7 Å². The average Bonchev–Trinajstić information content (AvgIpc) is 3.16. The van der Waals surface area contributed by atoms with Gasteiger partial charge in [-0.05, 0) is 56.3 Å². The van der Waals surface area contributed by atoms with Crippen molar-refractivity contribution in [3.8, 4) is 0 Å². The summed E-state index contributed by atoms with van der Waals surface area (Å²) in [6.07, 6.45) is 10.1. The third-order valence-corrected chi connectivity index (χ3v) is 12.3. The molecule has 4 aliphatic carbocycles. The van der Waals surface area contributed by atoms with E-state index in [4.69, 9.17) is 4.74 Å². The molecule has 8 heteroatoms. The van der Waals surface area contributed by atoms with Crippen LogP contribution in [-0.2, 0) is 19.1 Å². The number of carbonyl (C=O) groups is 3. The van der Waals surface area contributed by atoms with Gasteiger partial charge in [0.25, 0.3) is 0 Å². The molecule has 0 spiro atoms. The lowest BCUT2D eigenvalue weighted by Crippen LogP contribution is -2.70. The molecule has 0 heterocycles. The number of fused-ring (bicyclic) bond motifs is 5. The van der Waals surface area contributed by atoms with E-state index in [-0.39, 0.29) is 35.7 Å². The second kappa shape index (κ2) is 12.8. The first-order valence-corrected chi connectivity index (χ1v) is 17.2. The van der Waals surface area contributed by atoms with Crippen LogP contribution >= 0.6 is 11.8 Å². The number of alkyl halides is 2. The number of rotatable bonds is 12. The number of carbonyl (C=O) groups excluding carboxylic acids is 3. The van der Waals surface area contributed by atoms with Gasteiger partial charge in [-0.2, -0.15) is 0 Å². The van der Waals surface area contributed by atoms with E-state index < -0.39 is 58.1 Å². The molecule has 0 saturated heterocycles. The minimum absolute atomic E-state index is 0.0723. The number of hydrogen-bond donors (Lipinski definition) is 1. The molecule has 0 aliphatic heterocycles. The van der Waals surface area contributed by atoms with Crippen LogP contribution in [0.25, 0.3) is 0 Å². The molecule has 0 unspecified atom stereocenters. The molecule has 0 aromatic carbocycles. The van der Waals surface area contributed by atoms with Crippen LogP contribution in [0.4, 0.5) is 8.78 Å². The van der Waals surface area contributed by atoms with Crippen LogP contribution in [0.1, 0.15) is 112 Å². The van der Waals surface area contributed by atoms with Gasteiger partial charge in [-0.3, -0.25) is 14.4 Å². The van der Waals surface area contributed by atoms with Crippen molar-refractivity contribution in [3.05, 3.63) is 23.8 Å². The molecule has 42 heavy (non-hydrogen) atoms. The Labute approximate surface area is 254 Å². The number of halogens is 2. The Morgan fingerprint density at radius 2 is 1.69 bits per heavy atom. The predicted octanol–water partition coefficient (Wildman–Crippen LogP) is 7.64. The zero-order valence-corrected chi connectivity index (χ0v) is 26.9. The Morgan fingerprint density at radius 1 is 1.05 bits per heavy atom. The van der Waals surface area contributed by atoms with Crippen molar-refractivity contribution in [2.45, 2.75) is 135 Å². The molecule has 5 nitrogen and oxygen atoms in total. The van der Waals surface area contributed by atoms with Gasteiger partial charge in [0, 0.05) is 34.8 Å². The first-order chi connectivity index (χ1) is 19.8. The van der Waals surface area contributed by atoms with Crippen LogP contribution in [0.15, 0.2) is 23.8 Å². The first-order valence-electron chi connectivity index (χ1n) is 16.2. The minimum atomic E-state index is -2.24. The smallest absolute Gasteiger partial charge is 0.306 e. The summed E-state index contributed by atoms with van der Waals surface area (Å²) in [4.78, 5) is 39.2. The molecule has 0 radical (unpaired) electrons. The lowest BCUT2D eigenvalue weighted by atomic mass is 9.44. The molecule has 1 N–H and O–H groups in total. The number of unbranched alkanes of at least 4 members (excludes halogenated alkanes) is 7. The number of allylic oxidation sites excluding steroid dienone is 4. The summed E-state index contributed by atoms with van der Waals surface area (Å²) in [5, 5.41) is 11.4. The van der Waals surface area contributed by atoms with Crippen molar-refractivity contribution in [1.82, 2.24) is 0 Å². The van der Waals surface area contributed by atoms with E-state index in [9.17, 15) is 19.5 Å². The Kier molecular flexibility index (Phi) is 10.2. The number of aliphatic hydroxyl groups excluding tert-OH is 1. The minimum Gasteiger partial charge on any atom is -0.449 e. The molecule has 3 fully saturated rings. The van der Waals surface area contributed by atoms with Crippen molar-refractivity contribution >= 4 is 28.6 Å². The summed E-state index contributed by atoms with van der Waals surface area (Å²) in [5.74, 6) is -2.14. The van der Waals surface area contributed by atoms with E-state index in [0.717, 1.165) is 19.3 Å². The predicted molar refractivity (Wildman–Crippen MR) is 162 cm³/mol. The third-order valence-electron chi connectivity index (χ3n) is 11.3. The van der Waals surface area contributed by atoms with Crippen molar-refractivity contribution in [1.29, 1.82) is 0 Å². The van der Waals surface area contributed by atoms with Crippen molar-refractivity contribution < 1.29 is 33.0 Å². The summed E-state index contributed by atoms with van der Waals surface area (Å²) in [5.41, 5.74) is -6.28. The average molecular weight is 609 g/mol. The van der Waals surface area contributed by atoms with Gasteiger partial charge < -0.3 is 9.84 Å². The number of thioether (sulfide) groups is 1. The van der Waals surface area contributed by atoms with Gasteiger partial charge >= 0.3 is 5.97 Å². The fourth-order valence-electron chi connectivity index (χ4n) is 8.98. The molecule has 3 saturated carbocycles. The summed E-state index contributed by atoms with van der Waals surface area (Å²) >= 11 is 1.18. The number of aliphatic hydroxyl groups is 1. The quantitative estimate of drug-likeness (QED) is 0.181. The summed E-state index contributed by atoms with van der Waals surface area (Å²) in [6, 6.07) is 0. The summed E-state index contributed by atoms with van der Waals surface area (Å²) in [7, 11) is 0. The first kappa shape index (κ1) is 33.4. The molecule has 0 amide bonds. The van der Waals surface area contributed by atoms with Crippen molar-refractivity contribution in [3.63, 3.8) is 0 Å². The zero-order chi connectivity index (χ0) is 30.9. The van der Waals surface area contributed by atoms with Crippen LogP contribution in [-0.4, -0.2) is 51.3 Å². The SMILES string of the molecule is CCCCCCCCCCSC(=O)[C@@]1(OC(=O)CC)[C@H](C)C[C@H]2[C@@H]3C[C@H](F)C4=CC(=O)C=C[C@]4(C)[C@@]3(F)[C@@H](O)C[C@@]21C. The van der Waals surface area contributed by atoms with Crippen LogP contribution < -0.4 is 0 Å². The summed E-state index contributed by atoms with van der Waals surface area (Å²) < 4.78 is 39.5. The fraction of sp³-hybridized carbons (Fsp3) is 0.794. The maximum atomic E-state index is 17.5. The van der Waals surface area contributed by atoms with E-state index in [2.05, 4.69) is 6.92 Å². The molecule has 4 rings (SSSR count). The highest BCUT2D eigenvalue weighted by Gasteiger charge is 2.78. The monoisotopic (exact) mass is 608 g/mol. The second-order valence-corrected chi connectivity index (χ2v) is 14.7. The highest BCUT2D eigenvalue weighted by Crippen LogP contribution is 2.72. The Bertz CT molecular complexity index is 1110. The van der Waals surface area contributed by atoms with Crippen molar-refractivity contribution in [2.24, 2.45) is 28.6 Å². The third kappa shape index (κ3) is 5.24. The van der Waals surface area contributed by atoms with E-state index in [1.165, 1.54) is 62.1 Å². The van der Waals surface area contributed by atoms with Gasteiger partial charge in [-0.15, -0.1) is 0 Å². The molecule has 9 atom stereocenters. The van der Waals surface area contributed by atoms with E-state index in [1.54, 1.807) is 13.8 Å². The number of ketones is 1. The molecule has 0 aromatic rings. The number of hydrogen-bond acceptors (Lipinski definition) is 6. The van der Waals surface area contributed by atoms with Gasteiger partial charge in [0.1, 0.15) is 6.17 Å². The maximum absolute atomic E-state index is 17.5. The lowest BCUT2D eigenvalue weighted by molar-refractivity contribution is -0.228. The fourth-order valence-corrected chi connectivity index (χ4v) is 10.2. The largest absolute Gasteiger partial charge is 0.449 e.